The maximum absolute atomic E-state index is 13.1. The SMILES string of the molecule is CCc1cccc(NC(=O)CN2C(=O)NC(C)(c3ccc(C(C)(C)C)cc3)C2=O)c1. The van der Waals surface area contributed by atoms with Gasteiger partial charge in [0.2, 0.25) is 5.91 Å². The minimum Gasteiger partial charge on any atom is -0.325 e. The number of nitrogens with zero attached hydrogens (tertiary/aromatic N) is 1. The van der Waals surface area contributed by atoms with Crippen LogP contribution in [0.1, 0.15) is 51.3 Å². The van der Waals surface area contributed by atoms with Gasteiger partial charge in [-0.15, -0.1) is 0 Å². The van der Waals surface area contributed by atoms with Crippen LogP contribution in [0.5, 0.6) is 0 Å². The molecule has 158 valence electrons. The second kappa shape index (κ2) is 7.94. The van der Waals surface area contributed by atoms with Crippen LogP contribution in [0.4, 0.5) is 10.5 Å². The zero-order valence-corrected chi connectivity index (χ0v) is 18.2. The molecule has 4 amide bonds. The van der Waals surface area contributed by atoms with E-state index in [0.29, 0.717) is 11.3 Å². The van der Waals surface area contributed by atoms with E-state index in [4.69, 9.17) is 0 Å². The first-order chi connectivity index (χ1) is 14.0. The third kappa shape index (κ3) is 4.22. The van der Waals surface area contributed by atoms with Crippen molar-refractivity contribution < 1.29 is 14.4 Å². The fourth-order valence-corrected chi connectivity index (χ4v) is 3.55. The molecule has 0 aromatic heterocycles. The number of benzene rings is 2. The van der Waals surface area contributed by atoms with Crippen LogP contribution in [0.15, 0.2) is 48.5 Å². The van der Waals surface area contributed by atoms with E-state index in [1.165, 1.54) is 0 Å². The molecule has 0 radical (unpaired) electrons. The van der Waals surface area contributed by atoms with Crippen LogP contribution < -0.4 is 10.6 Å². The van der Waals surface area contributed by atoms with E-state index in [9.17, 15) is 14.4 Å². The molecule has 2 aromatic carbocycles. The summed E-state index contributed by atoms with van der Waals surface area (Å²) >= 11 is 0. The van der Waals surface area contributed by atoms with Crippen LogP contribution in [0.3, 0.4) is 0 Å². The Morgan fingerprint density at radius 1 is 1.10 bits per heavy atom. The molecule has 3 rings (SSSR count). The summed E-state index contributed by atoms with van der Waals surface area (Å²) in [5.74, 6) is -0.854. The van der Waals surface area contributed by atoms with E-state index in [1.54, 1.807) is 13.0 Å². The van der Waals surface area contributed by atoms with Crippen molar-refractivity contribution >= 4 is 23.5 Å². The van der Waals surface area contributed by atoms with Gasteiger partial charge in [-0.25, -0.2) is 4.79 Å². The van der Waals surface area contributed by atoms with Gasteiger partial charge < -0.3 is 10.6 Å². The molecular weight excluding hydrogens is 378 g/mol. The van der Waals surface area contributed by atoms with Crippen molar-refractivity contribution in [3.63, 3.8) is 0 Å². The fourth-order valence-electron chi connectivity index (χ4n) is 3.55. The molecule has 1 unspecified atom stereocenters. The van der Waals surface area contributed by atoms with E-state index < -0.39 is 23.4 Å². The van der Waals surface area contributed by atoms with Gasteiger partial charge in [0.25, 0.3) is 5.91 Å². The highest BCUT2D eigenvalue weighted by molar-refractivity contribution is 6.10. The first-order valence-electron chi connectivity index (χ1n) is 10.2. The third-order valence-corrected chi connectivity index (χ3v) is 5.52. The fraction of sp³-hybridized carbons (Fsp3) is 0.375. The predicted octanol–water partition coefficient (Wildman–Crippen LogP) is 3.95. The van der Waals surface area contributed by atoms with Crippen molar-refractivity contribution in [2.45, 2.75) is 52.0 Å². The summed E-state index contributed by atoms with van der Waals surface area (Å²) < 4.78 is 0. The standard InChI is InChI=1S/C24H29N3O3/c1-6-16-8-7-9-19(14-16)25-20(28)15-27-21(29)24(5,26-22(27)30)18-12-10-17(11-13-18)23(2,3)4/h7-14H,6,15H2,1-5H3,(H,25,28)(H,26,30). The van der Waals surface area contributed by atoms with Crippen molar-refractivity contribution in [3.05, 3.63) is 65.2 Å². The van der Waals surface area contributed by atoms with E-state index in [1.807, 2.05) is 49.4 Å². The molecule has 1 aliphatic heterocycles. The summed E-state index contributed by atoms with van der Waals surface area (Å²) in [7, 11) is 0. The smallest absolute Gasteiger partial charge is 0.325 e. The average molecular weight is 408 g/mol. The molecule has 2 aromatic rings. The lowest BCUT2D eigenvalue weighted by Crippen LogP contribution is -2.42. The lowest BCUT2D eigenvalue weighted by Gasteiger charge is -2.24. The molecule has 0 aliphatic carbocycles. The Morgan fingerprint density at radius 2 is 1.77 bits per heavy atom. The van der Waals surface area contributed by atoms with Crippen molar-refractivity contribution in [1.82, 2.24) is 10.2 Å². The first kappa shape index (κ1) is 21.6. The van der Waals surface area contributed by atoms with E-state index in [-0.39, 0.29) is 12.0 Å². The van der Waals surface area contributed by atoms with Gasteiger partial charge in [-0.05, 0) is 47.6 Å². The molecule has 30 heavy (non-hydrogen) atoms. The van der Waals surface area contributed by atoms with E-state index in [2.05, 4.69) is 31.4 Å². The zero-order chi connectivity index (χ0) is 22.1. The Hall–Kier alpha value is -3.15. The van der Waals surface area contributed by atoms with Crippen LogP contribution in [-0.2, 0) is 27.0 Å². The maximum atomic E-state index is 13.1. The summed E-state index contributed by atoms with van der Waals surface area (Å²) in [4.78, 5) is 39.0. The van der Waals surface area contributed by atoms with Crippen LogP contribution in [-0.4, -0.2) is 29.3 Å². The first-order valence-corrected chi connectivity index (χ1v) is 10.2. The molecule has 0 spiro atoms. The molecule has 1 heterocycles. The van der Waals surface area contributed by atoms with E-state index in [0.717, 1.165) is 22.4 Å². The van der Waals surface area contributed by atoms with Crippen LogP contribution in [0.25, 0.3) is 0 Å². The number of imide groups is 1. The number of carbonyl (C=O) groups is 3. The number of aryl methyl sites for hydroxylation is 1. The molecule has 2 N–H and O–H groups in total. The second-order valence-corrected chi connectivity index (χ2v) is 8.88. The summed E-state index contributed by atoms with van der Waals surface area (Å²) in [6.07, 6.45) is 0.850. The lowest BCUT2D eigenvalue weighted by atomic mass is 9.84. The molecule has 0 bridgehead atoms. The molecule has 6 heteroatoms. The normalized spacial score (nSPS) is 19.0. The van der Waals surface area contributed by atoms with Gasteiger partial charge >= 0.3 is 6.03 Å². The summed E-state index contributed by atoms with van der Waals surface area (Å²) in [5.41, 5.74) is 2.35. The highest BCUT2D eigenvalue weighted by Crippen LogP contribution is 2.31. The van der Waals surface area contributed by atoms with Gasteiger partial charge in [0, 0.05) is 5.69 Å². The Kier molecular flexibility index (Phi) is 5.70. The number of amides is 4. The Balaban J connectivity index is 1.74. The van der Waals surface area contributed by atoms with Crippen LogP contribution in [0.2, 0.25) is 0 Å². The number of carbonyl (C=O) groups excluding carboxylic acids is 3. The second-order valence-electron chi connectivity index (χ2n) is 8.88. The van der Waals surface area contributed by atoms with Gasteiger partial charge in [-0.2, -0.15) is 0 Å². The number of nitrogens with one attached hydrogen (secondary N) is 2. The van der Waals surface area contributed by atoms with Gasteiger partial charge in [0.05, 0.1) is 0 Å². The zero-order valence-electron chi connectivity index (χ0n) is 18.2. The lowest BCUT2D eigenvalue weighted by molar-refractivity contribution is -0.133. The number of rotatable bonds is 5. The molecule has 1 fully saturated rings. The largest absolute Gasteiger partial charge is 0.325 e. The van der Waals surface area contributed by atoms with E-state index >= 15 is 0 Å². The van der Waals surface area contributed by atoms with Crippen LogP contribution >= 0.6 is 0 Å². The summed E-state index contributed by atoms with van der Waals surface area (Å²) in [6.45, 7) is 9.70. The molecule has 1 saturated heterocycles. The number of anilines is 1. The number of hydrogen-bond acceptors (Lipinski definition) is 3. The monoisotopic (exact) mass is 407 g/mol. The topological polar surface area (TPSA) is 78.5 Å². The third-order valence-electron chi connectivity index (χ3n) is 5.52. The van der Waals surface area contributed by atoms with Crippen molar-refractivity contribution in [1.29, 1.82) is 0 Å². The number of hydrogen-bond donors (Lipinski definition) is 2. The Morgan fingerprint density at radius 3 is 2.37 bits per heavy atom. The number of urea groups is 1. The Bertz CT molecular complexity index is 976. The maximum Gasteiger partial charge on any atom is 0.325 e. The quantitative estimate of drug-likeness (QED) is 0.737. The van der Waals surface area contributed by atoms with Gasteiger partial charge in [-0.1, -0.05) is 64.1 Å². The Labute approximate surface area is 177 Å². The van der Waals surface area contributed by atoms with Gasteiger partial charge in [-0.3, -0.25) is 14.5 Å². The minimum atomic E-state index is -1.20. The predicted molar refractivity (Wildman–Crippen MR) is 117 cm³/mol. The summed E-state index contributed by atoms with van der Waals surface area (Å²) in [6, 6.07) is 14.6. The summed E-state index contributed by atoms with van der Waals surface area (Å²) in [5, 5.41) is 5.51. The van der Waals surface area contributed by atoms with Crippen molar-refractivity contribution in [2.75, 3.05) is 11.9 Å². The van der Waals surface area contributed by atoms with Crippen LogP contribution in [0, 0.1) is 0 Å². The molecule has 6 nitrogen and oxygen atoms in total. The van der Waals surface area contributed by atoms with Gasteiger partial charge in [0.15, 0.2) is 0 Å². The average Bonchev–Trinajstić information content (AvgIpc) is 2.91. The van der Waals surface area contributed by atoms with Gasteiger partial charge in [0.1, 0.15) is 12.1 Å². The molecular formula is C24H29N3O3. The van der Waals surface area contributed by atoms with Crippen molar-refractivity contribution in [2.24, 2.45) is 0 Å². The molecule has 0 saturated carbocycles. The molecule has 1 aliphatic rings. The highest BCUT2D eigenvalue weighted by Gasteiger charge is 2.49. The minimum absolute atomic E-state index is 0.0123. The van der Waals surface area contributed by atoms with Crippen molar-refractivity contribution in [3.8, 4) is 0 Å². The molecule has 1 atom stereocenters. The highest BCUT2D eigenvalue weighted by atomic mass is 16.2.